The molecule has 1 aliphatic heterocycles. The summed E-state index contributed by atoms with van der Waals surface area (Å²) in [5, 5.41) is 0.563. The number of halogens is 1. The molecule has 0 radical (unpaired) electrons. The van der Waals surface area contributed by atoms with E-state index in [1.54, 1.807) is 6.20 Å². The average Bonchev–Trinajstić information content (AvgIpc) is 2.64. The van der Waals surface area contributed by atoms with Crippen LogP contribution in [0.5, 0.6) is 0 Å². The van der Waals surface area contributed by atoms with Crippen LogP contribution in [0.3, 0.4) is 0 Å². The van der Waals surface area contributed by atoms with Gasteiger partial charge >= 0.3 is 0 Å². The van der Waals surface area contributed by atoms with Crippen molar-refractivity contribution in [1.29, 1.82) is 0 Å². The van der Waals surface area contributed by atoms with Crippen LogP contribution in [0.25, 0.3) is 0 Å². The molecule has 0 N–H and O–H groups in total. The van der Waals surface area contributed by atoms with Crippen molar-refractivity contribution in [3.8, 4) is 0 Å². The van der Waals surface area contributed by atoms with Crippen molar-refractivity contribution in [2.45, 2.75) is 6.42 Å². The number of hydrogen-bond acceptors (Lipinski definition) is 3. The molecule has 1 saturated heterocycles. The van der Waals surface area contributed by atoms with Gasteiger partial charge in [0.05, 0.1) is 0 Å². The lowest BCUT2D eigenvalue weighted by molar-refractivity contribution is 0.396. The summed E-state index contributed by atoms with van der Waals surface area (Å²) < 4.78 is 0. The molecule has 1 fully saturated rings. The zero-order valence-corrected chi connectivity index (χ0v) is 10.6. The van der Waals surface area contributed by atoms with Gasteiger partial charge < -0.3 is 9.80 Å². The second kappa shape index (κ2) is 5.02. The Balaban J connectivity index is 1.95. The zero-order valence-electron chi connectivity index (χ0n) is 9.86. The van der Waals surface area contributed by atoms with Gasteiger partial charge in [0.15, 0.2) is 0 Å². The summed E-state index contributed by atoms with van der Waals surface area (Å²) in [5.74, 6) is 0.766. The molecule has 88 valence electrons. The Morgan fingerprint density at radius 3 is 3.06 bits per heavy atom. The quantitative estimate of drug-likeness (QED) is 0.754. The summed E-state index contributed by atoms with van der Waals surface area (Å²) in [5.41, 5.74) is 1.15. The van der Waals surface area contributed by atoms with Gasteiger partial charge in [-0.3, -0.25) is 0 Å². The van der Waals surface area contributed by atoms with Crippen LogP contribution in [0.1, 0.15) is 6.42 Å². The van der Waals surface area contributed by atoms with E-state index in [1.807, 2.05) is 12.1 Å². The van der Waals surface area contributed by atoms with Crippen molar-refractivity contribution in [1.82, 2.24) is 9.88 Å². The SMILES string of the molecule is CN1CCC(CN(C)c2ccnc(Cl)c2)C1. The lowest BCUT2D eigenvalue weighted by Gasteiger charge is -2.23. The van der Waals surface area contributed by atoms with Crippen molar-refractivity contribution >= 4 is 17.3 Å². The van der Waals surface area contributed by atoms with Crippen molar-refractivity contribution in [3.63, 3.8) is 0 Å². The Morgan fingerprint density at radius 1 is 1.62 bits per heavy atom. The van der Waals surface area contributed by atoms with Gasteiger partial charge in [-0.1, -0.05) is 11.6 Å². The van der Waals surface area contributed by atoms with Gasteiger partial charge in [-0.2, -0.15) is 0 Å². The molecule has 1 aromatic rings. The van der Waals surface area contributed by atoms with Crippen molar-refractivity contribution in [2.24, 2.45) is 5.92 Å². The molecule has 0 amide bonds. The average molecular weight is 240 g/mol. The summed E-state index contributed by atoms with van der Waals surface area (Å²) in [7, 11) is 4.30. The molecule has 1 atom stereocenters. The van der Waals surface area contributed by atoms with E-state index in [0.29, 0.717) is 5.15 Å². The summed E-state index contributed by atoms with van der Waals surface area (Å²) in [6.45, 7) is 3.50. The number of hydrogen-bond donors (Lipinski definition) is 0. The standard InChI is InChI=1S/C12H18ClN3/c1-15-6-4-10(8-15)9-16(2)11-3-5-14-12(13)7-11/h3,5,7,10H,4,6,8-9H2,1-2H3. The second-order valence-electron chi connectivity index (χ2n) is 4.63. The van der Waals surface area contributed by atoms with Crippen LogP contribution in [0.2, 0.25) is 5.15 Å². The number of anilines is 1. The monoisotopic (exact) mass is 239 g/mol. The first-order chi connectivity index (χ1) is 7.65. The molecule has 1 aromatic heterocycles. The van der Waals surface area contributed by atoms with E-state index in [1.165, 1.54) is 19.5 Å². The molecule has 0 bridgehead atoms. The highest BCUT2D eigenvalue weighted by Gasteiger charge is 2.20. The van der Waals surface area contributed by atoms with Gasteiger partial charge in [-0.15, -0.1) is 0 Å². The summed E-state index contributed by atoms with van der Waals surface area (Å²) in [4.78, 5) is 8.64. The lowest BCUT2D eigenvalue weighted by atomic mass is 10.1. The fourth-order valence-electron chi connectivity index (χ4n) is 2.30. The Labute approximate surface area is 102 Å². The fraction of sp³-hybridized carbons (Fsp3) is 0.583. The molecular formula is C12H18ClN3. The molecule has 0 spiro atoms. The summed E-state index contributed by atoms with van der Waals surface area (Å²) >= 11 is 5.88. The van der Waals surface area contributed by atoms with Crippen LogP contribution in [0.4, 0.5) is 5.69 Å². The van der Waals surface area contributed by atoms with Crippen molar-refractivity contribution in [2.75, 3.05) is 38.6 Å². The van der Waals surface area contributed by atoms with Crippen molar-refractivity contribution < 1.29 is 0 Å². The van der Waals surface area contributed by atoms with Gasteiger partial charge in [0, 0.05) is 32.0 Å². The predicted molar refractivity (Wildman–Crippen MR) is 68.1 cm³/mol. The number of likely N-dealkylation sites (tertiary alicyclic amines) is 1. The minimum atomic E-state index is 0.563. The van der Waals surface area contributed by atoms with Gasteiger partial charge in [0.1, 0.15) is 5.15 Å². The van der Waals surface area contributed by atoms with Crippen LogP contribution in [-0.4, -0.2) is 43.6 Å². The van der Waals surface area contributed by atoms with Crippen LogP contribution < -0.4 is 4.90 Å². The highest BCUT2D eigenvalue weighted by Crippen LogP contribution is 2.20. The van der Waals surface area contributed by atoms with Crippen LogP contribution in [0, 0.1) is 5.92 Å². The maximum atomic E-state index is 5.88. The Morgan fingerprint density at radius 2 is 2.44 bits per heavy atom. The summed E-state index contributed by atoms with van der Waals surface area (Å²) in [6.07, 6.45) is 3.05. The first-order valence-corrected chi connectivity index (χ1v) is 6.04. The van der Waals surface area contributed by atoms with Gasteiger partial charge in [-0.25, -0.2) is 4.98 Å². The molecule has 1 unspecified atom stereocenters. The molecule has 2 rings (SSSR count). The lowest BCUT2D eigenvalue weighted by Crippen LogP contribution is -2.27. The van der Waals surface area contributed by atoms with E-state index in [4.69, 9.17) is 11.6 Å². The van der Waals surface area contributed by atoms with Gasteiger partial charge in [-0.05, 0) is 38.1 Å². The van der Waals surface area contributed by atoms with E-state index in [-0.39, 0.29) is 0 Å². The first kappa shape index (κ1) is 11.7. The molecule has 16 heavy (non-hydrogen) atoms. The van der Waals surface area contributed by atoms with E-state index >= 15 is 0 Å². The Hall–Kier alpha value is -0.800. The third-order valence-corrected chi connectivity index (χ3v) is 3.38. The van der Waals surface area contributed by atoms with Gasteiger partial charge in [0.2, 0.25) is 0 Å². The Kier molecular flexibility index (Phi) is 3.66. The molecule has 1 aliphatic rings. The molecule has 3 nitrogen and oxygen atoms in total. The predicted octanol–water partition coefficient (Wildman–Crippen LogP) is 2.12. The van der Waals surface area contributed by atoms with Crippen LogP contribution >= 0.6 is 11.6 Å². The van der Waals surface area contributed by atoms with Crippen LogP contribution in [0.15, 0.2) is 18.3 Å². The van der Waals surface area contributed by atoms with Crippen molar-refractivity contribution in [3.05, 3.63) is 23.5 Å². The molecule has 0 aliphatic carbocycles. The normalized spacial score (nSPS) is 21.3. The van der Waals surface area contributed by atoms with E-state index in [0.717, 1.165) is 18.2 Å². The highest BCUT2D eigenvalue weighted by atomic mass is 35.5. The summed E-state index contributed by atoms with van der Waals surface area (Å²) in [6, 6.07) is 3.92. The minimum absolute atomic E-state index is 0.563. The highest BCUT2D eigenvalue weighted by molar-refractivity contribution is 6.29. The third-order valence-electron chi connectivity index (χ3n) is 3.17. The molecule has 2 heterocycles. The third kappa shape index (κ3) is 2.86. The maximum absolute atomic E-state index is 5.88. The minimum Gasteiger partial charge on any atom is -0.374 e. The number of aromatic nitrogens is 1. The first-order valence-electron chi connectivity index (χ1n) is 5.66. The number of rotatable bonds is 3. The maximum Gasteiger partial charge on any atom is 0.131 e. The van der Waals surface area contributed by atoms with Gasteiger partial charge in [0.25, 0.3) is 0 Å². The molecule has 0 saturated carbocycles. The topological polar surface area (TPSA) is 19.4 Å². The Bertz CT molecular complexity index is 356. The molecular weight excluding hydrogens is 222 g/mol. The van der Waals surface area contributed by atoms with E-state index in [9.17, 15) is 0 Å². The zero-order chi connectivity index (χ0) is 11.5. The van der Waals surface area contributed by atoms with E-state index in [2.05, 4.69) is 28.9 Å². The molecule has 4 heteroatoms. The van der Waals surface area contributed by atoms with E-state index < -0.39 is 0 Å². The van der Waals surface area contributed by atoms with Crippen LogP contribution in [-0.2, 0) is 0 Å². The largest absolute Gasteiger partial charge is 0.374 e. The molecule has 0 aromatic carbocycles. The smallest absolute Gasteiger partial charge is 0.131 e. The number of nitrogens with zero attached hydrogens (tertiary/aromatic N) is 3. The fourth-order valence-corrected chi connectivity index (χ4v) is 2.47. The second-order valence-corrected chi connectivity index (χ2v) is 5.02. The number of pyridine rings is 1.